The van der Waals surface area contributed by atoms with E-state index in [2.05, 4.69) is 0 Å². The summed E-state index contributed by atoms with van der Waals surface area (Å²) in [5.74, 6) is -0.623. The van der Waals surface area contributed by atoms with Crippen molar-refractivity contribution in [3.05, 3.63) is 71.0 Å². The van der Waals surface area contributed by atoms with Gasteiger partial charge < -0.3 is 9.64 Å². The number of ether oxygens (including phenoxy) is 1. The summed E-state index contributed by atoms with van der Waals surface area (Å²) in [5, 5.41) is 0. The van der Waals surface area contributed by atoms with E-state index in [9.17, 15) is 22.4 Å². The number of halogens is 4. The molecule has 1 heterocycles. The van der Waals surface area contributed by atoms with Crippen LogP contribution in [0.2, 0.25) is 0 Å². The van der Waals surface area contributed by atoms with E-state index in [4.69, 9.17) is 4.74 Å². The van der Waals surface area contributed by atoms with Gasteiger partial charge in [-0.15, -0.1) is 0 Å². The topological polar surface area (TPSA) is 29.5 Å². The standard InChI is InChI=1S/C21H21F4NO2/c1-14(15-2-6-17(7-3-15)21(23,24)25)12-20(27)26-10-11-28-19(13-26)16-4-8-18(22)9-5-16/h2-9,14,19H,10-13H2,1H3. The summed E-state index contributed by atoms with van der Waals surface area (Å²) in [4.78, 5) is 14.4. The number of nitrogens with zero attached hydrogens (tertiary/aromatic N) is 1. The van der Waals surface area contributed by atoms with Gasteiger partial charge >= 0.3 is 6.18 Å². The van der Waals surface area contributed by atoms with Crippen LogP contribution >= 0.6 is 0 Å². The quantitative estimate of drug-likeness (QED) is 0.687. The number of carbonyl (C=O) groups is 1. The number of hydrogen-bond acceptors (Lipinski definition) is 2. The van der Waals surface area contributed by atoms with Gasteiger partial charge in [-0.2, -0.15) is 13.2 Å². The summed E-state index contributed by atoms with van der Waals surface area (Å²) in [5.41, 5.74) is 0.782. The first-order chi connectivity index (χ1) is 13.2. The number of hydrogen-bond donors (Lipinski definition) is 0. The predicted octanol–water partition coefficient (Wildman–Crippen LogP) is 4.94. The van der Waals surface area contributed by atoms with Crippen LogP contribution in [0.15, 0.2) is 48.5 Å². The number of morpholine rings is 1. The number of alkyl halides is 3. The summed E-state index contributed by atoms with van der Waals surface area (Å²) in [6.07, 6.45) is -4.50. The van der Waals surface area contributed by atoms with Crippen LogP contribution in [0.3, 0.4) is 0 Å². The fourth-order valence-corrected chi connectivity index (χ4v) is 3.26. The molecule has 2 aromatic rings. The van der Waals surface area contributed by atoms with Crippen LogP contribution in [-0.2, 0) is 15.7 Å². The third kappa shape index (κ3) is 4.90. The molecule has 0 radical (unpaired) electrons. The van der Waals surface area contributed by atoms with Crippen LogP contribution < -0.4 is 0 Å². The molecule has 0 aromatic heterocycles. The lowest BCUT2D eigenvalue weighted by Gasteiger charge is -2.34. The van der Waals surface area contributed by atoms with Crippen LogP contribution in [0.4, 0.5) is 17.6 Å². The van der Waals surface area contributed by atoms with Crippen LogP contribution in [0, 0.1) is 5.82 Å². The second kappa shape index (κ2) is 8.31. The van der Waals surface area contributed by atoms with Crippen molar-refractivity contribution >= 4 is 5.91 Å². The average molecular weight is 395 g/mol. The van der Waals surface area contributed by atoms with Gasteiger partial charge in [0, 0.05) is 13.0 Å². The van der Waals surface area contributed by atoms with E-state index in [-0.39, 0.29) is 30.2 Å². The molecular weight excluding hydrogens is 374 g/mol. The van der Waals surface area contributed by atoms with Crippen molar-refractivity contribution in [3.63, 3.8) is 0 Å². The van der Waals surface area contributed by atoms with Crippen molar-refractivity contribution < 1.29 is 27.1 Å². The Balaban J connectivity index is 1.61. The highest BCUT2D eigenvalue weighted by Crippen LogP contribution is 2.31. The summed E-state index contributed by atoms with van der Waals surface area (Å²) in [6, 6.07) is 10.9. The summed E-state index contributed by atoms with van der Waals surface area (Å²) >= 11 is 0. The van der Waals surface area contributed by atoms with Gasteiger partial charge in [-0.1, -0.05) is 31.2 Å². The summed E-state index contributed by atoms with van der Waals surface area (Å²) < 4.78 is 56.8. The molecule has 1 fully saturated rings. The van der Waals surface area contributed by atoms with E-state index in [1.165, 1.54) is 24.3 Å². The van der Waals surface area contributed by atoms with Crippen molar-refractivity contribution in [2.45, 2.75) is 31.5 Å². The molecule has 1 amide bonds. The Morgan fingerprint density at radius 2 is 1.79 bits per heavy atom. The van der Waals surface area contributed by atoms with E-state index in [0.29, 0.717) is 25.3 Å². The minimum Gasteiger partial charge on any atom is -0.370 e. The molecule has 2 atom stereocenters. The minimum atomic E-state index is -4.37. The highest BCUT2D eigenvalue weighted by atomic mass is 19.4. The smallest absolute Gasteiger partial charge is 0.370 e. The van der Waals surface area contributed by atoms with Gasteiger partial charge in [-0.3, -0.25) is 4.79 Å². The second-order valence-electron chi connectivity index (χ2n) is 6.98. The largest absolute Gasteiger partial charge is 0.416 e. The molecule has 1 saturated heterocycles. The molecule has 3 nitrogen and oxygen atoms in total. The minimum absolute atomic E-state index is 0.0807. The van der Waals surface area contributed by atoms with Crippen LogP contribution in [-0.4, -0.2) is 30.5 Å². The zero-order chi connectivity index (χ0) is 20.3. The van der Waals surface area contributed by atoms with Crippen molar-refractivity contribution in [1.29, 1.82) is 0 Å². The molecule has 28 heavy (non-hydrogen) atoms. The maximum absolute atomic E-state index is 13.1. The molecule has 1 aliphatic rings. The molecule has 0 bridgehead atoms. The van der Waals surface area contributed by atoms with Crippen molar-refractivity contribution in [2.24, 2.45) is 0 Å². The molecule has 2 unspecified atom stereocenters. The third-order valence-corrected chi connectivity index (χ3v) is 4.95. The van der Waals surface area contributed by atoms with E-state index >= 15 is 0 Å². The predicted molar refractivity (Wildman–Crippen MR) is 96.1 cm³/mol. The maximum atomic E-state index is 13.1. The summed E-state index contributed by atoms with van der Waals surface area (Å²) in [6.45, 7) is 3.02. The fourth-order valence-electron chi connectivity index (χ4n) is 3.26. The molecule has 0 spiro atoms. The van der Waals surface area contributed by atoms with E-state index in [0.717, 1.165) is 17.7 Å². The Labute approximate surface area is 160 Å². The normalized spacial score (nSPS) is 18.8. The number of rotatable bonds is 4. The van der Waals surface area contributed by atoms with Crippen LogP contribution in [0.1, 0.15) is 42.1 Å². The number of benzene rings is 2. The van der Waals surface area contributed by atoms with Gasteiger partial charge in [-0.05, 0) is 41.3 Å². The summed E-state index contributed by atoms with van der Waals surface area (Å²) in [7, 11) is 0. The number of carbonyl (C=O) groups excluding carboxylic acids is 1. The lowest BCUT2D eigenvalue weighted by atomic mass is 9.95. The number of amides is 1. The molecule has 1 aliphatic heterocycles. The molecule has 0 N–H and O–H groups in total. The Kier molecular flexibility index (Phi) is 6.03. The second-order valence-corrected chi connectivity index (χ2v) is 6.98. The highest BCUT2D eigenvalue weighted by molar-refractivity contribution is 5.77. The van der Waals surface area contributed by atoms with Gasteiger partial charge in [-0.25, -0.2) is 4.39 Å². The molecular formula is C21H21F4NO2. The Morgan fingerprint density at radius 3 is 2.39 bits per heavy atom. The first-order valence-electron chi connectivity index (χ1n) is 9.06. The average Bonchev–Trinajstić information content (AvgIpc) is 2.68. The molecule has 7 heteroatoms. The van der Waals surface area contributed by atoms with Crippen LogP contribution in [0.25, 0.3) is 0 Å². The highest BCUT2D eigenvalue weighted by Gasteiger charge is 2.30. The maximum Gasteiger partial charge on any atom is 0.416 e. The molecule has 3 rings (SSSR count). The Hall–Kier alpha value is -2.41. The van der Waals surface area contributed by atoms with Gasteiger partial charge in [0.15, 0.2) is 0 Å². The third-order valence-electron chi connectivity index (χ3n) is 4.95. The van der Waals surface area contributed by atoms with Gasteiger partial charge in [0.25, 0.3) is 0 Å². The molecule has 2 aromatic carbocycles. The molecule has 150 valence electrons. The van der Waals surface area contributed by atoms with E-state index in [1.54, 1.807) is 17.0 Å². The van der Waals surface area contributed by atoms with Crippen molar-refractivity contribution in [3.8, 4) is 0 Å². The van der Waals surface area contributed by atoms with Gasteiger partial charge in [0.2, 0.25) is 5.91 Å². The van der Waals surface area contributed by atoms with Gasteiger partial charge in [0.05, 0.1) is 18.7 Å². The first kappa shape index (κ1) is 20.3. The zero-order valence-corrected chi connectivity index (χ0v) is 15.4. The SMILES string of the molecule is CC(CC(=O)N1CCOC(c2ccc(F)cc2)C1)c1ccc(C(F)(F)F)cc1. The zero-order valence-electron chi connectivity index (χ0n) is 15.4. The van der Waals surface area contributed by atoms with Gasteiger partial charge in [0.1, 0.15) is 11.9 Å². The van der Waals surface area contributed by atoms with E-state index in [1.807, 2.05) is 6.92 Å². The lowest BCUT2D eigenvalue weighted by Crippen LogP contribution is -2.42. The molecule has 0 aliphatic carbocycles. The lowest BCUT2D eigenvalue weighted by molar-refractivity contribution is -0.139. The Morgan fingerprint density at radius 1 is 1.14 bits per heavy atom. The van der Waals surface area contributed by atoms with Crippen LogP contribution in [0.5, 0.6) is 0 Å². The monoisotopic (exact) mass is 395 g/mol. The van der Waals surface area contributed by atoms with E-state index < -0.39 is 11.7 Å². The van der Waals surface area contributed by atoms with Crippen molar-refractivity contribution in [1.82, 2.24) is 4.90 Å². The fraction of sp³-hybridized carbons (Fsp3) is 0.381. The Bertz CT molecular complexity index is 803. The van der Waals surface area contributed by atoms with Crippen molar-refractivity contribution in [2.75, 3.05) is 19.7 Å². The molecule has 0 saturated carbocycles. The first-order valence-corrected chi connectivity index (χ1v) is 9.06.